The molecule has 1 atom stereocenters. The zero-order valence-corrected chi connectivity index (χ0v) is 16.7. The molecule has 2 aromatic rings. The highest BCUT2D eigenvalue weighted by Gasteiger charge is 2.32. The number of ether oxygens (including phenoxy) is 2. The highest BCUT2D eigenvalue weighted by Crippen LogP contribution is 2.34. The highest BCUT2D eigenvalue weighted by molar-refractivity contribution is 5.92. The zero-order chi connectivity index (χ0) is 19.7. The number of hydrogen-bond acceptors (Lipinski definition) is 6. The smallest absolute Gasteiger partial charge is 0.291 e. The largest absolute Gasteiger partial charge is 0.493 e. The van der Waals surface area contributed by atoms with Gasteiger partial charge in [0.15, 0.2) is 17.9 Å². The second kappa shape index (κ2) is 7.83. The number of likely N-dealkylation sites (tertiary alicyclic amines) is 1. The normalized spacial score (nSPS) is 20.0. The maximum Gasteiger partial charge on any atom is 0.291 e. The number of piperidine rings is 1. The Morgan fingerprint density at radius 3 is 2.61 bits per heavy atom. The van der Waals surface area contributed by atoms with E-state index in [1.807, 2.05) is 4.90 Å². The van der Waals surface area contributed by atoms with Crippen LogP contribution < -0.4 is 9.47 Å². The van der Waals surface area contributed by atoms with Gasteiger partial charge in [-0.05, 0) is 49.4 Å². The number of carbonyl (C=O) groups excluding carboxylic acids is 1. The Kier molecular flexibility index (Phi) is 5.26. The van der Waals surface area contributed by atoms with Crippen LogP contribution in [-0.2, 0) is 13.0 Å². The molecule has 7 nitrogen and oxygen atoms in total. The Hall–Kier alpha value is -2.54. The van der Waals surface area contributed by atoms with Crippen molar-refractivity contribution in [2.45, 2.75) is 38.8 Å². The Morgan fingerprint density at radius 1 is 1.18 bits per heavy atom. The fourth-order valence-corrected chi connectivity index (χ4v) is 4.30. The number of hydrogen-bond donors (Lipinski definition) is 0. The first-order chi connectivity index (χ1) is 13.6. The van der Waals surface area contributed by atoms with Gasteiger partial charge in [0.1, 0.15) is 0 Å². The fraction of sp³-hybridized carbons (Fsp3) is 0.524. The van der Waals surface area contributed by atoms with Crippen LogP contribution in [0.5, 0.6) is 11.5 Å². The molecule has 1 aromatic carbocycles. The number of rotatable bonds is 4. The Morgan fingerprint density at radius 2 is 1.93 bits per heavy atom. The molecule has 3 heterocycles. The first-order valence-corrected chi connectivity index (χ1v) is 9.78. The fourth-order valence-electron chi connectivity index (χ4n) is 4.30. The van der Waals surface area contributed by atoms with Crippen LogP contribution >= 0.6 is 0 Å². The van der Waals surface area contributed by atoms with Crippen molar-refractivity contribution in [3.63, 3.8) is 0 Å². The number of methoxy groups -OCH3 is 2. The van der Waals surface area contributed by atoms with Crippen LogP contribution in [0.15, 0.2) is 22.9 Å². The third-order valence-electron chi connectivity index (χ3n) is 5.89. The van der Waals surface area contributed by atoms with E-state index in [1.165, 1.54) is 17.5 Å². The van der Waals surface area contributed by atoms with Gasteiger partial charge >= 0.3 is 0 Å². The van der Waals surface area contributed by atoms with Gasteiger partial charge in [0.2, 0.25) is 5.76 Å². The quantitative estimate of drug-likeness (QED) is 0.806. The van der Waals surface area contributed by atoms with Gasteiger partial charge in [-0.3, -0.25) is 9.69 Å². The second-order valence-corrected chi connectivity index (χ2v) is 7.51. The van der Waals surface area contributed by atoms with Crippen molar-refractivity contribution >= 4 is 5.91 Å². The van der Waals surface area contributed by atoms with Crippen molar-refractivity contribution in [3.8, 4) is 11.5 Å². The summed E-state index contributed by atoms with van der Waals surface area (Å²) in [4.78, 5) is 21.3. The summed E-state index contributed by atoms with van der Waals surface area (Å²) >= 11 is 0. The van der Waals surface area contributed by atoms with Crippen LogP contribution in [0.3, 0.4) is 0 Å². The summed E-state index contributed by atoms with van der Waals surface area (Å²) < 4.78 is 16.2. The molecule has 0 spiro atoms. The molecule has 0 saturated carbocycles. The van der Waals surface area contributed by atoms with E-state index >= 15 is 0 Å². The predicted molar refractivity (Wildman–Crippen MR) is 104 cm³/mol. The topological polar surface area (TPSA) is 68.0 Å². The third kappa shape index (κ3) is 3.46. The van der Waals surface area contributed by atoms with Crippen molar-refractivity contribution < 1.29 is 18.7 Å². The molecule has 1 amide bonds. The minimum Gasteiger partial charge on any atom is -0.493 e. The summed E-state index contributed by atoms with van der Waals surface area (Å²) in [6.07, 6.45) is 4.41. The van der Waals surface area contributed by atoms with Crippen LogP contribution in [0.2, 0.25) is 0 Å². The van der Waals surface area contributed by atoms with Gasteiger partial charge < -0.3 is 18.8 Å². The van der Waals surface area contributed by atoms with E-state index in [9.17, 15) is 4.79 Å². The molecule has 28 heavy (non-hydrogen) atoms. The number of fused-ring (bicyclic) bond motifs is 1. The van der Waals surface area contributed by atoms with Crippen molar-refractivity contribution in [2.75, 3.05) is 33.9 Å². The molecule has 0 N–H and O–H groups in total. The molecule has 1 fully saturated rings. The average molecular weight is 385 g/mol. The molecule has 2 aliphatic rings. The van der Waals surface area contributed by atoms with E-state index in [2.05, 4.69) is 22.0 Å². The number of aryl methyl sites for hydroxylation is 1. The minimum absolute atomic E-state index is 0.0523. The van der Waals surface area contributed by atoms with E-state index < -0.39 is 0 Å². The molecule has 7 heteroatoms. The standard InChI is InChI=1S/C21H27N3O4/c1-14-20(28-13-22-14)21(25)24-7-4-5-17(12-24)23-8-6-15-9-18(26-2)19(27-3)10-16(15)11-23/h9-10,13,17H,4-8,11-12H2,1-3H3. The Balaban J connectivity index is 1.48. The monoisotopic (exact) mass is 385 g/mol. The highest BCUT2D eigenvalue weighted by atomic mass is 16.5. The van der Waals surface area contributed by atoms with Gasteiger partial charge in [-0.25, -0.2) is 4.98 Å². The van der Waals surface area contributed by atoms with Crippen LogP contribution in [0.1, 0.15) is 40.2 Å². The van der Waals surface area contributed by atoms with E-state index in [0.29, 0.717) is 17.5 Å². The number of nitrogens with zero attached hydrogens (tertiary/aromatic N) is 3. The van der Waals surface area contributed by atoms with Crippen LogP contribution in [0.25, 0.3) is 0 Å². The van der Waals surface area contributed by atoms with Gasteiger partial charge in [0.25, 0.3) is 5.91 Å². The lowest BCUT2D eigenvalue weighted by Gasteiger charge is -2.41. The number of oxazole rings is 1. The molecule has 2 aliphatic heterocycles. The summed E-state index contributed by atoms with van der Waals surface area (Å²) in [5, 5.41) is 0. The first-order valence-electron chi connectivity index (χ1n) is 9.78. The van der Waals surface area contributed by atoms with Crippen molar-refractivity contribution in [3.05, 3.63) is 41.1 Å². The molecule has 4 rings (SSSR count). The van der Waals surface area contributed by atoms with E-state index in [1.54, 1.807) is 21.1 Å². The molecule has 0 radical (unpaired) electrons. The maximum absolute atomic E-state index is 12.8. The number of benzene rings is 1. The van der Waals surface area contributed by atoms with Crippen LogP contribution in [-0.4, -0.2) is 60.6 Å². The molecule has 1 unspecified atom stereocenters. The van der Waals surface area contributed by atoms with Gasteiger partial charge in [0.05, 0.1) is 19.9 Å². The Bertz CT molecular complexity index is 863. The molecule has 0 bridgehead atoms. The number of carbonyl (C=O) groups is 1. The summed E-state index contributed by atoms with van der Waals surface area (Å²) in [6, 6.07) is 4.53. The minimum atomic E-state index is -0.0523. The molecule has 1 aromatic heterocycles. The van der Waals surface area contributed by atoms with Crippen LogP contribution in [0, 0.1) is 6.92 Å². The lowest BCUT2D eigenvalue weighted by Crippen LogP contribution is -2.51. The molecule has 1 saturated heterocycles. The SMILES string of the molecule is COc1cc2c(cc1OC)CN(C1CCCN(C(=O)c3ocnc3C)C1)CC2. The summed E-state index contributed by atoms with van der Waals surface area (Å²) in [6.45, 7) is 5.15. The summed E-state index contributed by atoms with van der Waals surface area (Å²) in [5.41, 5.74) is 3.24. The van der Waals surface area contributed by atoms with E-state index in [0.717, 1.165) is 56.9 Å². The second-order valence-electron chi connectivity index (χ2n) is 7.51. The van der Waals surface area contributed by atoms with E-state index in [-0.39, 0.29) is 5.91 Å². The van der Waals surface area contributed by atoms with Gasteiger partial charge in [-0.1, -0.05) is 0 Å². The average Bonchev–Trinajstić information content (AvgIpc) is 3.17. The molecular formula is C21H27N3O4. The summed E-state index contributed by atoms with van der Waals surface area (Å²) in [5.74, 6) is 1.86. The summed E-state index contributed by atoms with van der Waals surface area (Å²) in [7, 11) is 3.34. The maximum atomic E-state index is 12.8. The van der Waals surface area contributed by atoms with Gasteiger partial charge in [-0.2, -0.15) is 0 Å². The van der Waals surface area contributed by atoms with Gasteiger partial charge in [-0.15, -0.1) is 0 Å². The van der Waals surface area contributed by atoms with Crippen LogP contribution in [0.4, 0.5) is 0 Å². The Labute approximate surface area is 165 Å². The molecular weight excluding hydrogens is 358 g/mol. The zero-order valence-electron chi connectivity index (χ0n) is 16.7. The number of aromatic nitrogens is 1. The lowest BCUT2D eigenvalue weighted by atomic mass is 9.95. The van der Waals surface area contributed by atoms with E-state index in [4.69, 9.17) is 13.9 Å². The third-order valence-corrected chi connectivity index (χ3v) is 5.89. The first kappa shape index (κ1) is 18.8. The predicted octanol–water partition coefficient (Wildman–Crippen LogP) is 2.66. The van der Waals surface area contributed by atoms with Crippen molar-refractivity contribution in [1.82, 2.24) is 14.8 Å². The van der Waals surface area contributed by atoms with Crippen molar-refractivity contribution in [1.29, 1.82) is 0 Å². The van der Waals surface area contributed by atoms with Gasteiger partial charge in [0, 0.05) is 32.2 Å². The number of amides is 1. The molecule has 150 valence electrons. The van der Waals surface area contributed by atoms with Crippen molar-refractivity contribution in [2.24, 2.45) is 0 Å². The lowest BCUT2D eigenvalue weighted by molar-refractivity contribution is 0.0520. The molecule has 0 aliphatic carbocycles.